The minimum atomic E-state index is -0.671. The van der Waals surface area contributed by atoms with E-state index in [9.17, 15) is 8.78 Å². The van der Waals surface area contributed by atoms with Crippen LogP contribution in [0, 0.1) is 23.0 Å². The van der Waals surface area contributed by atoms with E-state index in [0.717, 1.165) is 16.6 Å². The van der Waals surface area contributed by atoms with Crippen LogP contribution >= 0.6 is 15.9 Å². The average Bonchev–Trinajstić information content (AvgIpc) is 2.39. The summed E-state index contributed by atoms with van der Waals surface area (Å²) in [5.74, 6) is -0.951. The Labute approximate surface area is 117 Å². The highest BCUT2D eigenvalue weighted by atomic mass is 79.9. The third-order valence-corrected chi connectivity index (χ3v) is 2.95. The molecule has 2 aromatic carbocycles. The normalized spacial score (nSPS) is 10.0. The predicted octanol–water partition coefficient (Wildman–Crippen LogP) is 4.18. The van der Waals surface area contributed by atoms with Crippen LogP contribution in [0.3, 0.4) is 0 Å². The Balaban J connectivity index is 2.17. The number of nitriles is 1. The van der Waals surface area contributed by atoms with E-state index in [0.29, 0.717) is 11.3 Å². The summed E-state index contributed by atoms with van der Waals surface area (Å²) in [7, 11) is 0. The van der Waals surface area contributed by atoms with Crippen molar-refractivity contribution in [1.82, 2.24) is 0 Å². The summed E-state index contributed by atoms with van der Waals surface area (Å²) in [4.78, 5) is 0. The van der Waals surface area contributed by atoms with Gasteiger partial charge in [0.15, 0.2) is 0 Å². The molecule has 0 saturated heterocycles. The van der Waals surface area contributed by atoms with Gasteiger partial charge in [-0.1, -0.05) is 15.9 Å². The summed E-state index contributed by atoms with van der Waals surface area (Å²) in [5, 5.41) is 8.96. The van der Waals surface area contributed by atoms with Crippen LogP contribution in [-0.4, -0.2) is 0 Å². The lowest BCUT2D eigenvalue weighted by atomic mass is 10.2. The molecule has 0 radical (unpaired) electrons. The third kappa shape index (κ3) is 3.30. The lowest BCUT2D eigenvalue weighted by Gasteiger charge is -2.09. The van der Waals surface area contributed by atoms with Crippen molar-refractivity contribution in [3.63, 3.8) is 0 Å². The zero-order valence-electron chi connectivity index (χ0n) is 9.66. The van der Waals surface area contributed by atoms with Crippen molar-refractivity contribution in [2.45, 2.75) is 6.61 Å². The van der Waals surface area contributed by atoms with Crippen molar-refractivity contribution in [3.8, 4) is 11.8 Å². The summed E-state index contributed by atoms with van der Waals surface area (Å²) in [6.07, 6.45) is 0. The Kier molecular flexibility index (Phi) is 4.13. The van der Waals surface area contributed by atoms with E-state index < -0.39 is 11.6 Å². The van der Waals surface area contributed by atoms with Crippen LogP contribution in [0.5, 0.6) is 5.75 Å². The molecule has 0 aromatic heterocycles. The van der Waals surface area contributed by atoms with Crippen LogP contribution in [0.2, 0.25) is 0 Å². The van der Waals surface area contributed by atoms with Gasteiger partial charge in [-0.15, -0.1) is 0 Å². The van der Waals surface area contributed by atoms with Gasteiger partial charge in [0, 0.05) is 16.1 Å². The fraction of sp³-hybridized carbons (Fsp3) is 0.0714. The zero-order chi connectivity index (χ0) is 13.8. The summed E-state index contributed by atoms with van der Waals surface area (Å²) >= 11 is 3.24. The second-order valence-electron chi connectivity index (χ2n) is 3.78. The van der Waals surface area contributed by atoms with E-state index in [1.165, 1.54) is 6.07 Å². The summed E-state index contributed by atoms with van der Waals surface area (Å²) < 4.78 is 32.3. The predicted molar refractivity (Wildman–Crippen MR) is 69.5 cm³/mol. The molecule has 2 aromatic rings. The van der Waals surface area contributed by atoms with E-state index in [4.69, 9.17) is 10.00 Å². The van der Waals surface area contributed by atoms with Crippen LogP contribution in [0.4, 0.5) is 8.78 Å². The average molecular weight is 324 g/mol. The molecule has 5 heteroatoms. The molecule has 2 nitrogen and oxygen atoms in total. The molecule has 0 aliphatic rings. The van der Waals surface area contributed by atoms with Gasteiger partial charge in [0.25, 0.3) is 0 Å². The van der Waals surface area contributed by atoms with Gasteiger partial charge in [-0.05, 0) is 30.3 Å². The van der Waals surface area contributed by atoms with E-state index in [1.807, 2.05) is 6.07 Å². The topological polar surface area (TPSA) is 33.0 Å². The van der Waals surface area contributed by atoms with E-state index in [-0.39, 0.29) is 12.2 Å². The van der Waals surface area contributed by atoms with Gasteiger partial charge >= 0.3 is 0 Å². The van der Waals surface area contributed by atoms with Crippen molar-refractivity contribution in [2.75, 3.05) is 0 Å². The molecule has 0 amide bonds. The molecule has 2 rings (SSSR count). The van der Waals surface area contributed by atoms with Gasteiger partial charge < -0.3 is 4.74 Å². The van der Waals surface area contributed by atoms with Gasteiger partial charge in [0.2, 0.25) is 0 Å². The number of hydrogen-bond acceptors (Lipinski definition) is 2. The Morgan fingerprint density at radius 3 is 2.63 bits per heavy atom. The van der Waals surface area contributed by atoms with Crippen LogP contribution in [-0.2, 0) is 6.61 Å². The fourth-order valence-electron chi connectivity index (χ4n) is 1.51. The smallest absolute Gasteiger partial charge is 0.137 e. The van der Waals surface area contributed by atoms with Crippen LogP contribution in [0.25, 0.3) is 0 Å². The molecule has 0 saturated carbocycles. The quantitative estimate of drug-likeness (QED) is 0.849. The molecule has 0 fully saturated rings. The molecule has 0 aliphatic carbocycles. The Hall–Kier alpha value is -1.93. The maximum atomic E-state index is 13.4. The molecule has 0 bridgehead atoms. The van der Waals surface area contributed by atoms with Crippen LogP contribution in [0.15, 0.2) is 40.9 Å². The number of hydrogen-bond donors (Lipinski definition) is 0. The molecule has 19 heavy (non-hydrogen) atoms. The Bertz CT molecular complexity index is 652. The largest absolute Gasteiger partial charge is 0.487 e. The molecule has 0 aliphatic heterocycles. The van der Waals surface area contributed by atoms with Crippen molar-refractivity contribution in [1.29, 1.82) is 5.26 Å². The molecular weight excluding hydrogens is 316 g/mol. The summed E-state index contributed by atoms with van der Waals surface area (Å²) in [6, 6.07) is 10.2. The molecule has 0 unspecified atom stereocenters. The highest BCUT2D eigenvalue weighted by molar-refractivity contribution is 9.10. The second-order valence-corrected chi connectivity index (χ2v) is 4.69. The first-order valence-corrected chi connectivity index (χ1v) is 6.16. The summed E-state index contributed by atoms with van der Waals surface area (Å²) in [5.41, 5.74) is 0.574. The lowest BCUT2D eigenvalue weighted by Crippen LogP contribution is -2.00. The first-order valence-electron chi connectivity index (χ1n) is 5.36. The van der Waals surface area contributed by atoms with Crippen molar-refractivity contribution < 1.29 is 13.5 Å². The summed E-state index contributed by atoms with van der Waals surface area (Å²) in [6.45, 7) is -0.0670. The standard InChI is InChI=1S/C14H8BrF2NO/c15-11-2-4-14(10(5-11)7-18)19-8-9-1-3-12(16)6-13(9)17/h1-6H,8H2. The minimum absolute atomic E-state index is 0.0670. The van der Waals surface area contributed by atoms with E-state index >= 15 is 0 Å². The van der Waals surface area contributed by atoms with Crippen LogP contribution < -0.4 is 4.74 Å². The Morgan fingerprint density at radius 2 is 1.95 bits per heavy atom. The number of benzene rings is 2. The van der Waals surface area contributed by atoms with Gasteiger partial charge in [-0.25, -0.2) is 8.78 Å². The molecule has 0 N–H and O–H groups in total. The highest BCUT2D eigenvalue weighted by Gasteiger charge is 2.07. The Morgan fingerprint density at radius 1 is 1.16 bits per heavy atom. The second kappa shape index (κ2) is 5.81. The fourth-order valence-corrected chi connectivity index (χ4v) is 1.87. The first kappa shape index (κ1) is 13.5. The number of nitrogens with zero attached hydrogens (tertiary/aromatic N) is 1. The maximum Gasteiger partial charge on any atom is 0.137 e. The maximum absolute atomic E-state index is 13.4. The monoisotopic (exact) mass is 323 g/mol. The van der Waals surface area contributed by atoms with E-state index in [2.05, 4.69) is 15.9 Å². The van der Waals surface area contributed by atoms with Gasteiger partial charge in [-0.2, -0.15) is 5.26 Å². The third-order valence-electron chi connectivity index (χ3n) is 2.46. The number of ether oxygens (including phenoxy) is 1. The number of rotatable bonds is 3. The van der Waals surface area contributed by atoms with Crippen LogP contribution in [0.1, 0.15) is 11.1 Å². The SMILES string of the molecule is N#Cc1cc(Br)ccc1OCc1ccc(F)cc1F. The molecule has 96 valence electrons. The van der Waals surface area contributed by atoms with Gasteiger partial charge in [-0.3, -0.25) is 0 Å². The van der Waals surface area contributed by atoms with Crippen molar-refractivity contribution in [3.05, 3.63) is 63.6 Å². The highest BCUT2D eigenvalue weighted by Crippen LogP contribution is 2.23. The lowest BCUT2D eigenvalue weighted by molar-refractivity contribution is 0.298. The minimum Gasteiger partial charge on any atom is -0.487 e. The molecular formula is C14H8BrF2NO. The van der Waals surface area contributed by atoms with E-state index in [1.54, 1.807) is 18.2 Å². The first-order chi connectivity index (χ1) is 9.10. The zero-order valence-corrected chi connectivity index (χ0v) is 11.2. The number of halogens is 3. The van der Waals surface area contributed by atoms with Gasteiger partial charge in [0.05, 0.1) is 5.56 Å². The van der Waals surface area contributed by atoms with Crippen molar-refractivity contribution >= 4 is 15.9 Å². The molecule has 0 heterocycles. The van der Waals surface area contributed by atoms with Gasteiger partial charge in [0.1, 0.15) is 30.1 Å². The van der Waals surface area contributed by atoms with Crippen molar-refractivity contribution in [2.24, 2.45) is 0 Å². The molecule has 0 atom stereocenters. The molecule has 0 spiro atoms.